The molecule has 0 amide bonds. The van der Waals surface area contributed by atoms with Gasteiger partial charge in [0.15, 0.2) is 11.9 Å². The molecule has 0 spiro atoms. The van der Waals surface area contributed by atoms with Crippen LogP contribution in [0.2, 0.25) is 0 Å². The van der Waals surface area contributed by atoms with E-state index in [2.05, 4.69) is 17.5 Å². The van der Waals surface area contributed by atoms with Crippen molar-refractivity contribution in [1.82, 2.24) is 15.2 Å². The minimum Gasteiger partial charge on any atom is -0.480 e. The van der Waals surface area contributed by atoms with Crippen LogP contribution in [0.4, 0.5) is 0 Å². The van der Waals surface area contributed by atoms with E-state index in [9.17, 15) is 4.79 Å². The second-order valence-corrected chi connectivity index (χ2v) is 4.91. The molecule has 0 saturated carbocycles. The Kier molecular flexibility index (Phi) is 3.96. The Morgan fingerprint density at radius 2 is 2.50 bits per heavy atom. The summed E-state index contributed by atoms with van der Waals surface area (Å²) in [4.78, 5) is 10.9. The maximum Gasteiger partial charge on any atom is 0.320 e. The summed E-state index contributed by atoms with van der Waals surface area (Å²) in [6, 6.07) is -0.295. The van der Waals surface area contributed by atoms with E-state index in [0.717, 1.165) is 19.3 Å². The lowest BCUT2D eigenvalue weighted by Crippen LogP contribution is -2.42. The maximum absolute atomic E-state index is 10.9. The molecule has 1 aliphatic heterocycles. The molecule has 2 rings (SSSR count). The molecule has 0 radical (unpaired) electrons. The van der Waals surface area contributed by atoms with Crippen molar-refractivity contribution in [3.05, 3.63) is 11.9 Å². The van der Waals surface area contributed by atoms with Crippen molar-refractivity contribution in [2.24, 2.45) is 7.05 Å². The number of hydrogen-bond donors (Lipinski definition) is 2. The number of nitrogens with zero attached hydrogens (tertiary/aromatic N) is 3. The summed E-state index contributed by atoms with van der Waals surface area (Å²) in [6.45, 7) is 2.84. The lowest BCUT2D eigenvalue weighted by atomic mass is 10.2. The summed E-state index contributed by atoms with van der Waals surface area (Å²) in [5.41, 5.74) is 1.20. The topological polar surface area (TPSA) is 71.0 Å². The molecular formula is C12H21N4O2+. The fraction of sp³-hybridized carbons (Fsp3) is 0.750. The van der Waals surface area contributed by atoms with Gasteiger partial charge in [0, 0.05) is 19.4 Å². The number of rotatable bonds is 5. The van der Waals surface area contributed by atoms with Gasteiger partial charge in [-0.2, -0.15) is 0 Å². The monoisotopic (exact) mass is 253 g/mol. The molecule has 1 aromatic rings. The van der Waals surface area contributed by atoms with Crippen LogP contribution in [-0.4, -0.2) is 33.6 Å². The minimum absolute atomic E-state index is 0.146. The molecule has 1 aliphatic rings. The van der Waals surface area contributed by atoms with Crippen LogP contribution in [0.1, 0.15) is 37.9 Å². The van der Waals surface area contributed by atoms with Gasteiger partial charge in [0.05, 0.1) is 5.21 Å². The number of hydrogen-bond acceptors (Lipinski definition) is 3. The number of aliphatic carboxylic acids is 1. The van der Waals surface area contributed by atoms with Crippen molar-refractivity contribution in [1.29, 1.82) is 0 Å². The summed E-state index contributed by atoms with van der Waals surface area (Å²) in [5, 5.41) is 16.4. The van der Waals surface area contributed by atoms with Gasteiger partial charge in [-0.15, -0.1) is 9.36 Å². The van der Waals surface area contributed by atoms with Gasteiger partial charge in [-0.1, -0.05) is 13.3 Å². The molecule has 1 fully saturated rings. The zero-order valence-electron chi connectivity index (χ0n) is 11.0. The van der Waals surface area contributed by atoms with E-state index in [1.807, 2.05) is 22.6 Å². The second-order valence-electron chi connectivity index (χ2n) is 4.91. The van der Waals surface area contributed by atoms with E-state index in [0.29, 0.717) is 13.0 Å². The molecule has 2 heterocycles. The molecule has 18 heavy (non-hydrogen) atoms. The lowest BCUT2D eigenvalue weighted by Gasteiger charge is -2.01. The predicted octanol–water partition coefficient (Wildman–Crippen LogP) is 0.0378. The minimum atomic E-state index is -0.778. The second kappa shape index (κ2) is 5.48. The third kappa shape index (κ3) is 2.69. The van der Waals surface area contributed by atoms with Crippen LogP contribution in [0.25, 0.3) is 0 Å². The van der Waals surface area contributed by atoms with Crippen LogP contribution in [0.3, 0.4) is 0 Å². The smallest absolute Gasteiger partial charge is 0.320 e. The fourth-order valence-corrected chi connectivity index (χ4v) is 2.34. The van der Waals surface area contributed by atoms with Gasteiger partial charge in [0.2, 0.25) is 0 Å². The quantitative estimate of drug-likeness (QED) is 0.727. The van der Waals surface area contributed by atoms with Crippen LogP contribution >= 0.6 is 0 Å². The highest BCUT2D eigenvalue weighted by Crippen LogP contribution is 2.14. The fourth-order valence-electron chi connectivity index (χ4n) is 2.34. The molecule has 0 aromatic carbocycles. The highest BCUT2D eigenvalue weighted by Gasteiger charge is 2.34. The Hall–Kier alpha value is -1.43. The highest BCUT2D eigenvalue weighted by molar-refractivity contribution is 5.73. The third-order valence-corrected chi connectivity index (χ3v) is 3.50. The molecule has 0 aliphatic carbocycles. The number of aromatic nitrogens is 3. The Labute approximate surface area is 107 Å². The van der Waals surface area contributed by atoms with Gasteiger partial charge >= 0.3 is 5.97 Å². The van der Waals surface area contributed by atoms with Crippen LogP contribution in [0.15, 0.2) is 6.20 Å². The van der Waals surface area contributed by atoms with Crippen molar-refractivity contribution in [2.45, 2.75) is 44.7 Å². The van der Waals surface area contributed by atoms with Gasteiger partial charge in [0.1, 0.15) is 19.1 Å². The Morgan fingerprint density at radius 3 is 3.11 bits per heavy atom. The Balaban J connectivity index is 2.04. The van der Waals surface area contributed by atoms with Crippen LogP contribution < -0.4 is 10.00 Å². The van der Waals surface area contributed by atoms with Crippen LogP contribution in [-0.2, 0) is 18.3 Å². The van der Waals surface area contributed by atoms with Gasteiger partial charge in [-0.3, -0.25) is 10.1 Å². The van der Waals surface area contributed by atoms with Crippen molar-refractivity contribution in [3.63, 3.8) is 0 Å². The molecule has 100 valence electrons. The Morgan fingerprint density at radius 1 is 1.72 bits per heavy atom. The van der Waals surface area contributed by atoms with E-state index in [1.165, 1.54) is 5.69 Å². The number of carbonyl (C=O) groups is 1. The number of aryl methyl sites for hydroxylation is 2. The van der Waals surface area contributed by atoms with Gasteiger partial charge in [0.25, 0.3) is 0 Å². The molecule has 2 N–H and O–H groups in total. The van der Waals surface area contributed by atoms with Crippen molar-refractivity contribution in [3.8, 4) is 0 Å². The number of unbranched alkanes of at least 4 members (excludes halogenated alkanes) is 1. The Bertz CT molecular complexity index is 430. The summed E-state index contributed by atoms with van der Waals surface area (Å²) < 4.78 is 3.80. The largest absolute Gasteiger partial charge is 0.480 e. The normalized spacial score (nSPS) is 23.4. The van der Waals surface area contributed by atoms with Crippen LogP contribution in [0, 0.1) is 0 Å². The summed E-state index contributed by atoms with van der Waals surface area (Å²) in [7, 11) is 1.94. The third-order valence-electron chi connectivity index (χ3n) is 3.50. The van der Waals surface area contributed by atoms with Gasteiger partial charge in [-0.25, -0.2) is 0 Å². The number of nitrogens with one attached hydrogen (secondary N) is 1. The molecule has 2 atom stereocenters. The summed E-state index contributed by atoms with van der Waals surface area (Å²) in [5.74, 6) is -0.778. The SMILES string of the molecule is CCCCc1c[n+]([C@@H]2CN[C@H](C(=O)O)C2)nn1C. The van der Waals surface area contributed by atoms with E-state index in [-0.39, 0.29) is 6.04 Å². The van der Waals surface area contributed by atoms with Gasteiger partial charge in [-0.05, 0) is 6.42 Å². The molecule has 1 aromatic heterocycles. The predicted molar refractivity (Wildman–Crippen MR) is 65.1 cm³/mol. The van der Waals surface area contributed by atoms with E-state index >= 15 is 0 Å². The molecule has 6 nitrogen and oxygen atoms in total. The average molecular weight is 253 g/mol. The highest BCUT2D eigenvalue weighted by atomic mass is 16.4. The average Bonchev–Trinajstić information content (AvgIpc) is 2.93. The first kappa shape index (κ1) is 13.0. The lowest BCUT2D eigenvalue weighted by molar-refractivity contribution is -0.775. The first-order valence-corrected chi connectivity index (χ1v) is 6.52. The van der Waals surface area contributed by atoms with E-state index in [4.69, 9.17) is 5.11 Å². The molecule has 0 bridgehead atoms. The zero-order chi connectivity index (χ0) is 13.1. The molecule has 0 unspecified atom stereocenters. The van der Waals surface area contributed by atoms with Crippen molar-refractivity contribution < 1.29 is 14.6 Å². The van der Waals surface area contributed by atoms with Crippen molar-refractivity contribution >= 4 is 5.97 Å². The summed E-state index contributed by atoms with van der Waals surface area (Å²) >= 11 is 0. The van der Waals surface area contributed by atoms with Gasteiger partial charge < -0.3 is 5.11 Å². The van der Waals surface area contributed by atoms with E-state index in [1.54, 1.807) is 0 Å². The molecule has 6 heteroatoms. The standard InChI is InChI=1S/C12H20N4O2/c1-3-4-5-9-8-16(14-15(9)2)10-6-11(12(17)18)13-7-10/h8,10-11,13H,3-7H2,1-2H3/p+1/t10-,11-/m0/s1. The van der Waals surface area contributed by atoms with Crippen molar-refractivity contribution in [2.75, 3.05) is 6.54 Å². The molecule has 1 saturated heterocycles. The molecular weight excluding hydrogens is 232 g/mol. The summed E-state index contributed by atoms with van der Waals surface area (Å²) in [6.07, 6.45) is 5.99. The maximum atomic E-state index is 10.9. The van der Waals surface area contributed by atoms with Crippen LogP contribution in [0.5, 0.6) is 0 Å². The van der Waals surface area contributed by atoms with E-state index < -0.39 is 12.0 Å². The zero-order valence-corrected chi connectivity index (χ0v) is 11.0. The number of carboxylic acids is 1. The number of carboxylic acid groups (broad SMARTS) is 1. The first-order chi connectivity index (χ1) is 8.61. The first-order valence-electron chi connectivity index (χ1n) is 6.52.